The summed E-state index contributed by atoms with van der Waals surface area (Å²) in [5.74, 6) is 0.292. The molecule has 0 bridgehead atoms. The molecule has 1 rings (SSSR count). The minimum absolute atomic E-state index is 0.240. The van der Waals surface area contributed by atoms with Crippen molar-refractivity contribution in [1.82, 2.24) is 9.80 Å². The number of rotatable bonds is 9. The Bertz CT molecular complexity index is 275. The van der Waals surface area contributed by atoms with Gasteiger partial charge in [0.05, 0.1) is 0 Å². The third kappa shape index (κ3) is 4.77. The zero-order valence-electron chi connectivity index (χ0n) is 13.0. The largest absolute Gasteiger partial charge is 0.344 e. The molecule has 1 saturated carbocycles. The number of hydrogen-bond donors (Lipinski definition) is 1. The number of carbonyl (C=O) groups is 1. The van der Waals surface area contributed by atoms with Crippen molar-refractivity contribution in [3.8, 4) is 0 Å². The number of nitrogens with zero attached hydrogens (tertiary/aromatic N) is 2. The summed E-state index contributed by atoms with van der Waals surface area (Å²) in [6.07, 6.45) is 8.75. The Morgan fingerprint density at radius 2 is 1.74 bits per heavy atom. The molecule has 4 nitrogen and oxygen atoms in total. The van der Waals surface area contributed by atoms with E-state index in [0.29, 0.717) is 12.3 Å². The van der Waals surface area contributed by atoms with Gasteiger partial charge in [0.25, 0.3) is 0 Å². The van der Waals surface area contributed by atoms with Crippen LogP contribution in [0, 0.1) is 0 Å². The molecule has 1 fully saturated rings. The van der Waals surface area contributed by atoms with Crippen molar-refractivity contribution in [2.75, 3.05) is 34.2 Å². The predicted molar refractivity (Wildman–Crippen MR) is 80.0 cm³/mol. The molecular formula is C15H31N3O. The van der Waals surface area contributed by atoms with E-state index in [9.17, 15) is 4.79 Å². The van der Waals surface area contributed by atoms with E-state index in [1.807, 2.05) is 11.9 Å². The van der Waals surface area contributed by atoms with Crippen molar-refractivity contribution in [1.29, 1.82) is 0 Å². The molecule has 0 aromatic heterocycles. The van der Waals surface area contributed by atoms with E-state index in [1.54, 1.807) is 0 Å². The molecule has 0 heterocycles. The lowest BCUT2D eigenvalue weighted by molar-refractivity contribution is -0.132. The fraction of sp³-hybridized carbons (Fsp3) is 0.933. The van der Waals surface area contributed by atoms with Gasteiger partial charge in [-0.15, -0.1) is 0 Å². The van der Waals surface area contributed by atoms with E-state index >= 15 is 0 Å². The van der Waals surface area contributed by atoms with Crippen LogP contribution in [0.3, 0.4) is 0 Å². The average Bonchev–Trinajstić information content (AvgIpc) is 2.32. The van der Waals surface area contributed by atoms with Crippen LogP contribution in [0.25, 0.3) is 0 Å². The SMILES string of the molecule is CN(CC1(N(C)C)CCC1)C(=O)CCCCCCN. The monoisotopic (exact) mass is 269 g/mol. The molecule has 1 aliphatic carbocycles. The van der Waals surface area contributed by atoms with Gasteiger partial charge in [0, 0.05) is 25.6 Å². The van der Waals surface area contributed by atoms with Crippen LogP contribution in [-0.4, -0.2) is 55.5 Å². The first kappa shape index (κ1) is 16.4. The number of hydrogen-bond acceptors (Lipinski definition) is 3. The highest BCUT2D eigenvalue weighted by Crippen LogP contribution is 2.36. The van der Waals surface area contributed by atoms with E-state index in [0.717, 1.165) is 38.8 Å². The van der Waals surface area contributed by atoms with Gasteiger partial charge in [-0.3, -0.25) is 4.79 Å². The molecular weight excluding hydrogens is 238 g/mol. The number of unbranched alkanes of at least 4 members (excludes halogenated alkanes) is 3. The Kier molecular flexibility index (Phi) is 6.80. The van der Waals surface area contributed by atoms with Gasteiger partial charge in [0.15, 0.2) is 0 Å². The minimum atomic E-state index is 0.240. The van der Waals surface area contributed by atoms with E-state index in [-0.39, 0.29) is 5.54 Å². The summed E-state index contributed by atoms with van der Waals surface area (Å²) in [7, 11) is 6.21. The maximum Gasteiger partial charge on any atom is 0.222 e. The third-order valence-electron chi connectivity index (χ3n) is 4.53. The third-order valence-corrected chi connectivity index (χ3v) is 4.53. The van der Waals surface area contributed by atoms with Crippen LogP contribution in [0.5, 0.6) is 0 Å². The minimum Gasteiger partial charge on any atom is -0.344 e. The van der Waals surface area contributed by atoms with Crippen molar-refractivity contribution < 1.29 is 4.79 Å². The first-order valence-electron chi connectivity index (χ1n) is 7.63. The summed E-state index contributed by atoms with van der Waals surface area (Å²) in [6.45, 7) is 1.64. The van der Waals surface area contributed by atoms with Crippen molar-refractivity contribution in [3.63, 3.8) is 0 Å². The summed E-state index contributed by atoms with van der Waals surface area (Å²) in [5.41, 5.74) is 5.70. The Morgan fingerprint density at radius 3 is 2.21 bits per heavy atom. The van der Waals surface area contributed by atoms with E-state index in [4.69, 9.17) is 5.73 Å². The maximum atomic E-state index is 12.1. The number of likely N-dealkylation sites (N-methyl/N-ethyl adjacent to an activating group) is 2. The van der Waals surface area contributed by atoms with E-state index in [1.165, 1.54) is 19.3 Å². The van der Waals surface area contributed by atoms with E-state index < -0.39 is 0 Å². The Morgan fingerprint density at radius 1 is 1.11 bits per heavy atom. The standard InChI is InChI=1S/C15H31N3O/c1-17(2)15(10-8-11-15)13-18(3)14(19)9-6-4-5-7-12-16/h4-13,16H2,1-3H3. The van der Waals surface area contributed by atoms with Gasteiger partial charge in [-0.1, -0.05) is 12.8 Å². The molecule has 0 atom stereocenters. The highest BCUT2D eigenvalue weighted by molar-refractivity contribution is 5.75. The lowest BCUT2D eigenvalue weighted by Crippen LogP contribution is -2.57. The van der Waals surface area contributed by atoms with Gasteiger partial charge >= 0.3 is 0 Å². The first-order chi connectivity index (χ1) is 9.02. The molecule has 1 aliphatic rings. The highest BCUT2D eigenvalue weighted by Gasteiger charge is 2.40. The van der Waals surface area contributed by atoms with Gasteiger partial charge in [-0.25, -0.2) is 0 Å². The van der Waals surface area contributed by atoms with Crippen molar-refractivity contribution in [3.05, 3.63) is 0 Å². The van der Waals surface area contributed by atoms with Gasteiger partial charge in [0.1, 0.15) is 0 Å². The maximum absolute atomic E-state index is 12.1. The van der Waals surface area contributed by atoms with Crippen molar-refractivity contribution >= 4 is 5.91 Å². The molecule has 19 heavy (non-hydrogen) atoms. The van der Waals surface area contributed by atoms with Crippen molar-refractivity contribution in [2.24, 2.45) is 5.73 Å². The molecule has 0 unspecified atom stereocenters. The Labute approximate surface area is 118 Å². The first-order valence-corrected chi connectivity index (χ1v) is 7.63. The van der Waals surface area contributed by atoms with Crippen molar-refractivity contribution in [2.45, 2.75) is 56.9 Å². The molecule has 0 aliphatic heterocycles. The Hall–Kier alpha value is -0.610. The van der Waals surface area contributed by atoms with E-state index in [2.05, 4.69) is 19.0 Å². The normalized spacial score (nSPS) is 17.3. The fourth-order valence-electron chi connectivity index (χ4n) is 2.83. The molecule has 4 heteroatoms. The van der Waals surface area contributed by atoms with Crippen LogP contribution in [-0.2, 0) is 4.79 Å². The summed E-state index contributed by atoms with van der Waals surface area (Å²) in [6, 6.07) is 0. The summed E-state index contributed by atoms with van der Waals surface area (Å²) < 4.78 is 0. The number of amides is 1. The molecule has 0 spiro atoms. The van der Waals surface area contributed by atoms with Gasteiger partial charge < -0.3 is 15.5 Å². The summed E-state index contributed by atoms with van der Waals surface area (Å²) in [4.78, 5) is 16.3. The Balaban J connectivity index is 2.24. The highest BCUT2D eigenvalue weighted by atomic mass is 16.2. The molecule has 0 aromatic rings. The van der Waals surface area contributed by atoms with Crippen LogP contribution >= 0.6 is 0 Å². The average molecular weight is 269 g/mol. The number of carbonyl (C=O) groups excluding carboxylic acids is 1. The fourth-order valence-corrected chi connectivity index (χ4v) is 2.83. The zero-order valence-corrected chi connectivity index (χ0v) is 13.0. The van der Waals surface area contributed by atoms with Gasteiger partial charge in [0.2, 0.25) is 5.91 Å². The predicted octanol–water partition coefficient (Wildman–Crippen LogP) is 1.84. The zero-order chi connectivity index (χ0) is 14.3. The van der Waals surface area contributed by atoms with Gasteiger partial charge in [-0.05, 0) is 52.7 Å². The lowest BCUT2D eigenvalue weighted by atomic mass is 9.75. The lowest BCUT2D eigenvalue weighted by Gasteiger charge is -2.49. The summed E-state index contributed by atoms with van der Waals surface area (Å²) in [5, 5.41) is 0. The van der Waals surface area contributed by atoms with Crippen LogP contribution < -0.4 is 5.73 Å². The smallest absolute Gasteiger partial charge is 0.222 e. The topological polar surface area (TPSA) is 49.6 Å². The van der Waals surface area contributed by atoms with Crippen LogP contribution in [0.4, 0.5) is 0 Å². The second-order valence-electron chi connectivity index (χ2n) is 6.18. The van der Waals surface area contributed by atoms with Crippen LogP contribution in [0.1, 0.15) is 51.4 Å². The van der Waals surface area contributed by atoms with Crippen LogP contribution in [0.2, 0.25) is 0 Å². The second-order valence-corrected chi connectivity index (χ2v) is 6.18. The molecule has 0 saturated heterocycles. The number of nitrogens with two attached hydrogens (primary N) is 1. The second kappa shape index (κ2) is 7.85. The quantitative estimate of drug-likeness (QED) is 0.650. The molecule has 112 valence electrons. The molecule has 1 amide bonds. The van der Waals surface area contributed by atoms with Gasteiger partial charge in [-0.2, -0.15) is 0 Å². The van der Waals surface area contributed by atoms with Crippen LogP contribution in [0.15, 0.2) is 0 Å². The molecule has 0 aromatic carbocycles. The molecule has 0 radical (unpaired) electrons. The summed E-state index contributed by atoms with van der Waals surface area (Å²) >= 11 is 0. The molecule has 2 N–H and O–H groups in total.